The van der Waals surface area contributed by atoms with Crippen LogP contribution in [0.3, 0.4) is 0 Å². The standard InChI is InChI=1S/C37H46ClN3O5/c1-5-21-39(25-27-16-10-9-11-17-27)33(43)29-30-34(44)41(23-12-7-8-13-24-42)32(37(30)20-19-36(29,4)46-37)35(45)40(22-6-2)31-26(3)15-14-18-28(31)38/h5-6,9-11,14-18,29-30,32,42H,1-2,7-8,12-13,19-25H2,3-4H3/t29-,30-,32?,36+,37?/m0/s1. The van der Waals surface area contributed by atoms with Gasteiger partial charge in [0.15, 0.2) is 0 Å². The zero-order valence-electron chi connectivity index (χ0n) is 27.0. The van der Waals surface area contributed by atoms with E-state index in [-0.39, 0.29) is 30.9 Å². The maximum atomic E-state index is 14.9. The average Bonchev–Trinajstić information content (AvgIpc) is 3.60. The number of anilines is 1. The van der Waals surface area contributed by atoms with Gasteiger partial charge in [-0.2, -0.15) is 0 Å². The van der Waals surface area contributed by atoms with E-state index in [9.17, 15) is 19.5 Å². The van der Waals surface area contributed by atoms with Crippen molar-refractivity contribution in [3.8, 4) is 0 Å². The quantitative estimate of drug-likeness (QED) is 0.198. The number of carbonyl (C=O) groups is 3. The SMILES string of the molecule is C=CCN(Cc1ccccc1)C(=O)[C@@H]1[C@H]2C(=O)N(CCCCCCO)C(C(=O)N(CC=C)c3c(C)cccc3Cl)C23CC[C@@]1(C)O3. The zero-order valence-corrected chi connectivity index (χ0v) is 27.8. The molecule has 3 heterocycles. The highest BCUT2D eigenvalue weighted by atomic mass is 35.5. The molecule has 246 valence electrons. The molecule has 9 heteroatoms. The number of aryl methyl sites for hydroxylation is 1. The molecule has 0 aliphatic carbocycles. The fraction of sp³-hybridized carbons (Fsp3) is 0.486. The van der Waals surface area contributed by atoms with Gasteiger partial charge in [-0.3, -0.25) is 14.4 Å². The molecule has 2 aromatic carbocycles. The van der Waals surface area contributed by atoms with Gasteiger partial charge in [-0.15, -0.1) is 13.2 Å². The zero-order chi connectivity index (χ0) is 33.1. The first-order valence-corrected chi connectivity index (χ1v) is 16.7. The van der Waals surface area contributed by atoms with Gasteiger partial charge in [0.05, 0.1) is 28.1 Å². The lowest BCUT2D eigenvalue weighted by molar-refractivity contribution is -0.150. The van der Waals surface area contributed by atoms with Gasteiger partial charge in [0, 0.05) is 32.8 Å². The number of fused-ring (bicyclic) bond motifs is 1. The number of halogens is 1. The number of likely N-dealkylation sites (tertiary alicyclic amines) is 1. The van der Waals surface area contributed by atoms with Crippen LogP contribution in [-0.4, -0.2) is 76.1 Å². The van der Waals surface area contributed by atoms with E-state index in [1.165, 1.54) is 0 Å². The molecule has 5 rings (SSSR count). The Morgan fingerprint density at radius 2 is 1.74 bits per heavy atom. The lowest BCUT2D eigenvalue weighted by Gasteiger charge is -2.37. The van der Waals surface area contributed by atoms with Crippen LogP contribution in [0.2, 0.25) is 5.02 Å². The second kappa shape index (κ2) is 14.1. The third kappa shape index (κ3) is 6.03. The molecule has 3 aliphatic heterocycles. The number of nitrogens with zero attached hydrogens (tertiary/aromatic N) is 3. The molecule has 3 amide bonds. The molecule has 8 nitrogen and oxygen atoms in total. The monoisotopic (exact) mass is 647 g/mol. The van der Waals surface area contributed by atoms with Crippen molar-refractivity contribution >= 4 is 35.0 Å². The third-order valence-electron chi connectivity index (χ3n) is 10.00. The molecule has 5 atom stereocenters. The second-order valence-corrected chi connectivity index (χ2v) is 13.4. The lowest BCUT2D eigenvalue weighted by atomic mass is 9.66. The van der Waals surface area contributed by atoms with Gasteiger partial charge in [0.2, 0.25) is 11.8 Å². The van der Waals surface area contributed by atoms with E-state index in [2.05, 4.69) is 13.2 Å². The molecule has 1 N–H and O–H groups in total. The van der Waals surface area contributed by atoms with Crippen LogP contribution in [0.25, 0.3) is 0 Å². The van der Waals surface area contributed by atoms with Crippen LogP contribution in [0.15, 0.2) is 73.8 Å². The Kier molecular flexibility index (Phi) is 10.4. The number of hydrogen-bond donors (Lipinski definition) is 1. The Morgan fingerprint density at radius 3 is 2.41 bits per heavy atom. The molecular weight excluding hydrogens is 602 g/mol. The van der Waals surface area contributed by atoms with Gasteiger partial charge >= 0.3 is 0 Å². The van der Waals surface area contributed by atoms with Crippen LogP contribution in [0, 0.1) is 18.8 Å². The minimum atomic E-state index is -1.16. The normalized spacial score (nSPS) is 26.2. The molecule has 2 unspecified atom stereocenters. The summed E-state index contributed by atoms with van der Waals surface area (Å²) in [5, 5.41) is 9.70. The summed E-state index contributed by atoms with van der Waals surface area (Å²) in [4.78, 5) is 49.2. The fourth-order valence-corrected chi connectivity index (χ4v) is 8.31. The summed E-state index contributed by atoms with van der Waals surface area (Å²) in [6, 6.07) is 14.3. The van der Waals surface area contributed by atoms with Gasteiger partial charge < -0.3 is 24.5 Å². The maximum Gasteiger partial charge on any atom is 0.253 e. The molecular formula is C37H46ClN3O5. The number of benzene rings is 2. The molecule has 3 aliphatic rings. The van der Waals surface area contributed by atoms with E-state index in [1.807, 2.05) is 56.3 Å². The number of aliphatic hydroxyl groups is 1. The molecule has 46 heavy (non-hydrogen) atoms. The minimum Gasteiger partial charge on any atom is -0.396 e. The van der Waals surface area contributed by atoms with Gasteiger partial charge in [0.1, 0.15) is 11.6 Å². The number of rotatable bonds is 15. The number of unbranched alkanes of at least 4 members (excludes halogenated alkanes) is 3. The molecule has 3 fully saturated rings. The van der Waals surface area contributed by atoms with E-state index < -0.39 is 29.1 Å². The smallest absolute Gasteiger partial charge is 0.253 e. The number of hydrogen-bond acceptors (Lipinski definition) is 5. The predicted octanol–water partition coefficient (Wildman–Crippen LogP) is 5.70. The van der Waals surface area contributed by atoms with Crippen molar-refractivity contribution in [1.82, 2.24) is 9.80 Å². The van der Waals surface area contributed by atoms with Crippen LogP contribution in [0.1, 0.15) is 56.6 Å². The molecule has 0 saturated carbocycles. The van der Waals surface area contributed by atoms with E-state index >= 15 is 0 Å². The molecule has 2 aromatic rings. The number of ether oxygens (including phenoxy) is 1. The van der Waals surface area contributed by atoms with Crippen molar-refractivity contribution in [3.63, 3.8) is 0 Å². The minimum absolute atomic E-state index is 0.114. The summed E-state index contributed by atoms with van der Waals surface area (Å²) >= 11 is 6.70. The largest absolute Gasteiger partial charge is 0.396 e. The first kappa shape index (κ1) is 33.9. The van der Waals surface area contributed by atoms with Crippen molar-refractivity contribution in [2.45, 2.75) is 76.2 Å². The fourth-order valence-electron chi connectivity index (χ4n) is 7.99. The van der Waals surface area contributed by atoms with E-state index in [4.69, 9.17) is 16.3 Å². The van der Waals surface area contributed by atoms with Crippen molar-refractivity contribution < 1.29 is 24.2 Å². The molecule has 1 spiro atoms. The molecule has 3 saturated heterocycles. The van der Waals surface area contributed by atoms with E-state index in [0.717, 1.165) is 24.0 Å². The summed E-state index contributed by atoms with van der Waals surface area (Å²) in [5.41, 5.74) is 0.329. The predicted molar refractivity (Wildman–Crippen MR) is 180 cm³/mol. The molecule has 2 bridgehead atoms. The Bertz CT molecular complexity index is 1450. The van der Waals surface area contributed by atoms with Crippen LogP contribution < -0.4 is 4.90 Å². The average molecular weight is 648 g/mol. The van der Waals surface area contributed by atoms with E-state index in [1.54, 1.807) is 32.9 Å². The summed E-state index contributed by atoms with van der Waals surface area (Å²) in [6.45, 7) is 13.0. The molecule has 0 radical (unpaired) electrons. The van der Waals surface area contributed by atoms with Crippen molar-refractivity contribution in [2.24, 2.45) is 11.8 Å². The van der Waals surface area contributed by atoms with Crippen molar-refractivity contribution in [3.05, 3.63) is 90.0 Å². The van der Waals surface area contributed by atoms with Crippen LogP contribution in [0.5, 0.6) is 0 Å². The first-order chi connectivity index (χ1) is 22.1. The Hall–Kier alpha value is -3.46. The Labute approximate surface area is 277 Å². The first-order valence-electron chi connectivity index (χ1n) is 16.4. The highest BCUT2D eigenvalue weighted by Crippen LogP contribution is 2.63. The van der Waals surface area contributed by atoms with Crippen LogP contribution in [-0.2, 0) is 25.7 Å². The Balaban J connectivity index is 1.55. The Morgan fingerprint density at radius 1 is 1.02 bits per heavy atom. The number of carbonyl (C=O) groups excluding carboxylic acids is 3. The van der Waals surface area contributed by atoms with Crippen LogP contribution in [0.4, 0.5) is 5.69 Å². The summed E-state index contributed by atoms with van der Waals surface area (Å²) in [5.74, 6) is -2.21. The number of para-hydroxylation sites is 1. The summed E-state index contributed by atoms with van der Waals surface area (Å²) < 4.78 is 6.91. The topological polar surface area (TPSA) is 90.4 Å². The molecule has 0 aromatic heterocycles. The van der Waals surface area contributed by atoms with Crippen LogP contribution >= 0.6 is 11.6 Å². The van der Waals surface area contributed by atoms with Gasteiger partial charge in [-0.25, -0.2) is 0 Å². The second-order valence-electron chi connectivity index (χ2n) is 13.0. The summed E-state index contributed by atoms with van der Waals surface area (Å²) in [6.07, 6.45) is 7.37. The highest BCUT2D eigenvalue weighted by Gasteiger charge is 2.78. The number of amides is 3. The van der Waals surface area contributed by atoms with Crippen molar-refractivity contribution in [1.29, 1.82) is 0 Å². The number of aliphatic hydroxyl groups excluding tert-OH is 1. The van der Waals surface area contributed by atoms with Gasteiger partial charge in [-0.05, 0) is 56.7 Å². The van der Waals surface area contributed by atoms with E-state index in [0.29, 0.717) is 56.0 Å². The highest BCUT2D eigenvalue weighted by molar-refractivity contribution is 6.34. The van der Waals surface area contributed by atoms with Crippen molar-refractivity contribution in [2.75, 3.05) is 31.1 Å². The lowest BCUT2D eigenvalue weighted by Crippen LogP contribution is -2.56. The maximum absolute atomic E-state index is 14.9. The van der Waals surface area contributed by atoms with Gasteiger partial charge in [-0.1, -0.05) is 79.1 Å². The third-order valence-corrected chi connectivity index (χ3v) is 10.3. The summed E-state index contributed by atoms with van der Waals surface area (Å²) in [7, 11) is 0. The van der Waals surface area contributed by atoms with Gasteiger partial charge in [0.25, 0.3) is 5.91 Å².